The van der Waals surface area contributed by atoms with Gasteiger partial charge in [0.25, 0.3) is 0 Å². The zero-order valence-electron chi connectivity index (χ0n) is 8.08. The van der Waals surface area contributed by atoms with Crippen LogP contribution in [0.4, 0.5) is 13.2 Å². The summed E-state index contributed by atoms with van der Waals surface area (Å²) in [6, 6.07) is 4.01. The van der Waals surface area contributed by atoms with Crippen molar-refractivity contribution >= 4 is 11.3 Å². The van der Waals surface area contributed by atoms with Crippen molar-refractivity contribution in [1.82, 2.24) is 0 Å². The predicted octanol–water partition coefficient (Wildman–Crippen LogP) is 3.21. The molecule has 2 N–H and O–H groups in total. The van der Waals surface area contributed by atoms with Gasteiger partial charge in [-0.1, -0.05) is 6.07 Å². The highest BCUT2D eigenvalue weighted by atomic mass is 32.1. The van der Waals surface area contributed by atoms with Crippen molar-refractivity contribution in [3.05, 3.63) is 57.5 Å². The fraction of sp³-hybridized carbons (Fsp3) is 0.0909. The van der Waals surface area contributed by atoms with Gasteiger partial charge in [-0.15, -0.1) is 11.3 Å². The molecule has 0 spiro atoms. The molecular formula is C11H8F3NS. The van der Waals surface area contributed by atoms with Gasteiger partial charge in [-0.3, -0.25) is 0 Å². The van der Waals surface area contributed by atoms with Crippen molar-refractivity contribution in [2.45, 2.75) is 6.04 Å². The first-order chi connectivity index (χ1) is 7.59. The largest absolute Gasteiger partial charge is 0.320 e. The van der Waals surface area contributed by atoms with Crippen LogP contribution in [-0.2, 0) is 0 Å². The van der Waals surface area contributed by atoms with E-state index in [1.807, 2.05) is 0 Å². The second-order valence-corrected chi connectivity index (χ2v) is 4.26. The van der Waals surface area contributed by atoms with Gasteiger partial charge < -0.3 is 5.73 Å². The minimum absolute atomic E-state index is 0.167. The van der Waals surface area contributed by atoms with Gasteiger partial charge in [0.05, 0.1) is 6.04 Å². The molecule has 1 aromatic carbocycles. The van der Waals surface area contributed by atoms with Crippen molar-refractivity contribution in [3.8, 4) is 0 Å². The zero-order valence-corrected chi connectivity index (χ0v) is 8.90. The van der Waals surface area contributed by atoms with Crippen LogP contribution >= 0.6 is 11.3 Å². The fourth-order valence-electron chi connectivity index (χ4n) is 1.42. The molecule has 84 valence electrons. The Labute approximate surface area is 94.3 Å². The normalized spacial score (nSPS) is 12.8. The average molecular weight is 243 g/mol. The number of halogens is 3. The third-order valence-electron chi connectivity index (χ3n) is 2.21. The number of benzene rings is 1. The van der Waals surface area contributed by atoms with Crippen LogP contribution in [0.3, 0.4) is 0 Å². The molecule has 0 saturated heterocycles. The summed E-state index contributed by atoms with van der Waals surface area (Å²) in [6.45, 7) is 0. The maximum atomic E-state index is 13.4. The van der Waals surface area contributed by atoms with Gasteiger partial charge in [0.1, 0.15) is 5.82 Å². The van der Waals surface area contributed by atoms with E-state index in [1.165, 1.54) is 11.3 Å². The Hall–Kier alpha value is -1.33. The first-order valence-electron chi connectivity index (χ1n) is 4.53. The highest BCUT2D eigenvalue weighted by Crippen LogP contribution is 2.27. The molecule has 0 saturated carbocycles. The van der Waals surface area contributed by atoms with E-state index in [2.05, 4.69) is 0 Å². The molecule has 2 rings (SSSR count). The van der Waals surface area contributed by atoms with Crippen molar-refractivity contribution in [1.29, 1.82) is 0 Å². The Kier molecular flexibility index (Phi) is 2.98. The third kappa shape index (κ3) is 1.96. The van der Waals surface area contributed by atoms with Crippen LogP contribution in [0.5, 0.6) is 0 Å². The second kappa shape index (κ2) is 4.27. The topological polar surface area (TPSA) is 26.0 Å². The summed E-state index contributed by atoms with van der Waals surface area (Å²) in [4.78, 5) is 0.656. The molecule has 0 aliphatic heterocycles. The molecule has 2 aromatic rings. The van der Waals surface area contributed by atoms with E-state index >= 15 is 0 Å². The Morgan fingerprint density at radius 3 is 2.56 bits per heavy atom. The summed E-state index contributed by atoms with van der Waals surface area (Å²) in [5.74, 6) is -3.15. The predicted molar refractivity (Wildman–Crippen MR) is 56.7 cm³/mol. The molecule has 0 bridgehead atoms. The smallest absolute Gasteiger partial charge is 0.164 e. The summed E-state index contributed by atoms with van der Waals surface area (Å²) < 4.78 is 39.3. The van der Waals surface area contributed by atoms with E-state index in [4.69, 9.17) is 5.73 Å². The molecule has 16 heavy (non-hydrogen) atoms. The van der Waals surface area contributed by atoms with Crippen molar-refractivity contribution in [2.75, 3.05) is 0 Å². The Balaban J connectivity index is 2.48. The van der Waals surface area contributed by atoms with Gasteiger partial charge >= 0.3 is 0 Å². The number of hydrogen-bond donors (Lipinski definition) is 1. The SMILES string of the molecule is N[C@H](c1cccs1)c1cc(F)cc(F)c1F. The van der Waals surface area contributed by atoms with E-state index in [0.29, 0.717) is 10.9 Å². The lowest BCUT2D eigenvalue weighted by Crippen LogP contribution is -2.13. The number of rotatable bonds is 2. The van der Waals surface area contributed by atoms with E-state index in [9.17, 15) is 13.2 Å². The van der Waals surface area contributed by atoms with Gasteiger partial charge in [-0.2, -0.15) is 0 Å². The first kappa shape index (κ1) is 11.2. The lowest BCUT2D eigenvalue weighted by Gasteiger charge is -2.11. The van der Waals surface area contributed by atoms with Crippen LogP contribution in [0.25, 0.3) is 0 Å². The molecular weight excluding hydrogens is 235 g/mol. The third-order valence-corrected chi connectivity index (χ3v) is 3.16. The summed E-state index contributed by atoms with van der Waals surface area (Å²) in [5.41, 5.74) is 5.57. The molecule has 1 nitrogen and oxygen atoms in total. The van der Waals surface area contributed by atoms with Crippen LogP contribution in [0, 0.1) is 17.5 Å². The zero-order chi connectivity index (χ0) is 11.7. The second-order valence-electron chi connectivity index (χ2n) is 3.28. The van der Waals surface area contributed by atoms with E-state index in [0.717, 1.165) is 6.07 Å². The maximum absolute atomic E-state index is 13.4. The molecule has 5 heteroatoms. The Bertz CT molecular complexity index is 496. The summed E-state index contributed by atoms with van der Waals surface area (Å²) in [6.07, 6.45) is 0. The first-order valence-corrected chi connectivity index (χ1v) is 5.41. The molecule has 0 aliphatic rings. The van der Waals surface area contributed by atoms with Crippen LogP contribution < -0.4 is 5.73 Å². The van der Waals surface area contributed by atoms with Crippen molar-refractivity contribution < 1.29 is 13.2 Å². The fourth-order valence-corrected chi connectivity index (χ4v) is 2.17. The van der Waals surface area contributed by atoms with Crippen LogP contribution in [0.1, 0.15) is 16.5 Å². The molecule has 0 unspecified atom stereocenters. The minimum atomic E-state index is -1.22. The average Bonchev–Trinajstić information content (AvgIpc) is 2.75. The quantitative estimate of drug-likeness (QED) is 0.805. The highest BCUT2D eigenvalue weighted by Gasteiger charge is 2.18. The van der Waals surface area contributed by atoms with E-state index < -0.39 is 23.5 Å². The molecule has 1 heterocycles. The van der Waals surface area contributed by atoms with Gasteiger partial charge in [0.15, 0.2) is 11.6 Å². The molecule has 0 radical (unpaired) electrons. The number of hydrogen-bond acceptors (Lipinski definition) is 2. The molecule has 0 amide bonds. The van der Waals surface area contributed by atoms with Crippen molar-refractivity contribution in [3.63, 3.8) is 0 Å². The molecule has 0 fully saturated rings. The number of nitrogens with two attached hydrogens (primary N) is 1. The monoisotopic (exact) mass is 243 g/mol. The van der Waals surface area contributed by atoms with Gasteiger partial charge in [-0.25, -0.2) is 13.2 Å². The number of thiophene rings is 1. The lowest BCUT2D eigenvalue weighted by molar-refractivity contribution is 0.481. The lowest BCUT2D eigenvalue weighted by atomic mass is 10.1. The van der Waals surface area contributed by atoms with Crippen molar-refractivity contribution in [2.24, 2.45) is 5.73 Å². The molecule has 1 atom stereocenters. The van der Waals surface area contributed by atoms with Crippen LogP contribution in [-0.4, -0.2) is 0 Å². The van der Waals surface area contributed by atoms with Gasteiger partial charge in [-0.05, 0) is 17.5 Å². The summed E-state index contributed by atoms with van der Waals surface area (Å²) >= 11 is 1.31. The minimum Gasteiger partial charge on any atom is -0.320 e. The van der Waals surface area contributed by atoms with E-state index in [1.54, 1.807) is 17.5 Å². The van der Waals surface area contributed by atoms with Gasteiger partial charge in [0.2, 0.25) is 0 Å². The highest BCUT2D eigenvalue weighted by molar-refractivity contribution is 7.10. The molecule has 0 aliphatic carbocycles. The molecule has 1 aromatic heterocycles. The van der Waals surface area contributed by atoms with Crippen LogP contribution in [0.2, 0.25) is 0 Å². The summed E-state index contributed by atoms with van der Waals surface area (Å²) in [7, 11) is 0. The Morgan fingerprint density at radius 1 is 1.19 bits per heavy atom. The maximum Gasteiger partial charge on any atom is 0.164 e. The van der Waals surface area contributed by atoms with Crippen LogP contribution in [0.15, 0.2) is 29.6 Å². The van der Waals surface area contributed by atoms with Gasteiger partial charge in [0, 0.05) is 16.5 Å². The van der Waals surface area contributed by atoms with E-state index in [-0.39, 0.29) is 5.56 Å². The Morgan fingerprint density at radius 2 is 1.94 bits per heavy atom. The standard InChI is InChI=1S/C11H8F3NS/c12-6-4-7(10(14)8(13)5-6)11(15)9-2-1-3-16-9/h1-5,11H,15H2/t11-/m0/s1. The summed E-state index contributed by atoms with van der Waals surface area (Å²) in [5, 5.41) is 1.77.